The third-order valence-corrected chi connectivity index (χ3v) is 3.30. The molecule has 2 unspecified atom stereocenters. The van der Waals surface area contributed by atoms with E-state index in [0.29, 0.717) is 13.1 Å². The molecule has 16 heavy (non-hydrogen) atoms. The van der Waals surface area contributed by atoms with Gasteiger partial charge in [0.05, 0.1) is 6.54 Å². The number of likely N-dealkylation sites (tertiary alicyclic amines) is 1. The summed E-state index contributed by atoms with van der Waals surface area (Å²) in [6.07, 6.45) is 0.847. The van der Waals surface area contributed by atoms with Crippen LogP contribution < -0.4 is 0 Å². The van der Waals surface area contributed by atoms with E-state index in [4.69, 9.17) is 5.11 Å². The molecule has 0 spiro atoms. The second kappa shape index (κ2) is 5.30. The number of aliphatic carboxylic acids is 1. The van der Waals surface area contributed by atoms with Gasteiger partial charge in [0.2, 0.25) is 5.91 Å². The maximum Gasteiger partial charge on any atom is 0.321 e. The maximum atomic E-state index is 11.7. The van der Waals surface area contributed by atoms with Crippen LogP contribution in [0.2, 0.25) is 0 Å². The Morgan fingerprint density at radius 2 is 2.12 bits per heavy atom. The Hall–Kier alpha value is -1.10. The number of rotatable bonds is 4. The molecule has 0 aliphatic carbocycles. The van der Waals surface area contributed by atoms with Crippen molar-refractivity contribution in [2.45, 2.75) is 26.3 Å². The van der Waals surface area contributed by atoms with Gasteiger partial charge in [-0.2, -0.15) is 0 Å². The number of nitrogens with zero attached hydrogens (tertiary/aromatic N) is 2. The van der Waals surface area contributed by atoms with E-state index >= 15 is 0 Å². The standard InChI is InChI=1S/C11H20N2O3/c1-4-12(3)9(14)7-13-6-5-8(2)10(13)11(15)16/h8,10H,4-7H2,1-3H3,(H,15,16). The van der Waals surface area contributed by atoms with Gasteiger partial charge in [-0.05, 0) is 25.8 Å². The van der Waals surface area contributed by atoms with Crippen molar-refractivity contribution in [3.05, 3.63) is 0 Å². The average Bonchev–Trinajstić information content (AvgIpc) is 2.58. The number of carbonyl (C=O) groups is 2. The Kier molecular flexibility index (Phi) is 4.29. The number of hydrogen-bond acceptors (Lipinski definition) is 3. The number of carbonyl (C=O) groups excluding carboxylic acids is 1. The van der Waals surface area contributed by atoms with Crippen LogP contribution in [-0.4, -0.2) is 59.5 Å². The molecular weight excluding hydrogens is 208 g/mol. The fourth-order valence-corrected chi connectivity index (χ4v) is 2.07. The second-order valence-electron chi connectivity index (χ2n) is 4.43. The molecule has 0 bridgehead atoms. The van der Waals surface area contributed by atoms with Crippen molar-refractivity contribution >= 4 is 11.9 Å². The van der Waals surface area contributed by atoms with E-state index in [2.05, 4.69) is 0 Å². The smallest absolute Gasteiger partial charge is 0.321 e. The van der Waals surface area contributed by atoms with Gasteiger partial charge in [-0.1, -0.05) is 6.92 Å². The summed E-state index contributed by atoms with van der Waals surface area (Å²) in [6.45, 7) is 5.39. The third kappa shape index (κ3) is 2.72. The Bertz CT molecular complexity index is 280. The molecule has 0 aromatic rings. The number of amides is 1. The molecule has 1 amide bonds. The van der Waals surface area contributed by atoms with Crippen molar-refractivity contribution in [2.75, 3.05) is 26.7 Å². The highest BCUT2D eigenvalue weighted by Gasteiger charge is 2.37. The lowest BCUT2D eigenvalue weighted by atomic mass is 10.0. The van der Waals surface area contributed by atoms with Gasteiger partial charge in [-0.3, -0.25) is 14.5 Å². The summed E-state index contributed by atoms with van der Waals surface area (Å²) < 4.78 is 0. The molecule has 0 saturated carbocycles. The van der Waals surface area contributed by atoms with Gasteiger partial charge in [0.15, 0.2) is 0 Å². The summed E-state index contributed by atoms with van der Waals surface area (Å²) >= 11 is 0. The first kappa shape index (κ1) is 13.0. The van der Waals surface area contributed by atoms with E-state index in [-0.39, 0.29) is 18.4 Å². The molecular formula is C11H20N2O3. The van der Waals surface area contributed by atoms with Crippen LogP contribution in [0, 0.1) is 5.92 Å². The van der Waals surface area contributed by atoms with E-state index in [0.717, 1.165) is 6.42 Å². The summed E-state index contributed by atoms with van der Waals surface area (Å²) in [4.78, 5) is 26.2. The highest BCUT2D eigenvalue weighted by atomic mass is 16.4. The lowest BCUT2D eigenvalue weighted by molar-refractivity contribution is -0.144. The van der Waals surface area contributed by atoms with Gasteiger partial charge < -0.3 is 10.0 Å². The predicted octanol–water partition coefficient (Wildman–Crippen LogP) is 0.260. The number of carboxylic acid groups (broad SMARTS) is 1. The van der Waals surface area contributed by atoms with Gasteiger partial charge in [-0.25, -0.2) is 0 Å². The maximum absolute atomic E-state index is 11.7. The van der Waals surface area contributed by atoms with Crippen LogP contribution in [0.3, 0.4) is 0 Å². The van der Waals surface area contributed by atoms with Crippen LogP contribution in [0.1, 0.15) is 20.3 Å². The summed E-state index contributed by atoms with van der Waals surface area (Å²) in [5, 5.41) is 9.10. The lowest BCUT2D eigenvalue weighted by Crippen LogP contribution is -2.45. The second-order valence-corrected chi connectivity index (χ2v) is 4.43. The summed E-state index contributed by atoms with van der Waals surface area (Å²) in [7, 11) is 1.73. The summed E-state index contributed by atoms with van der Waals surface area (Å²) in [5.41, 5.74) is 0. The zero-order valence-corrected chi connectivity index (χ0v) is 10.1. The molecule has 1 saturated heterocycles. The first-order valence-electron chi connectivity index (χ1n) is 5.68. The summed E-state index contributed by atoms with van der Waals surface area (Å²) in [5.74, 6) is -0.711. The first-order chi connectivity index (χ1) is 7.47. The van der Waals surface area contributed by atoms with E-state index in [1.807, 2.05) is 13.8 Å². The molecule has 1 heterocycles. The SMILES string of the molecule is CCN(C)C(=O)CN1CCC(C)C1C(=O)O. The molecule has 2 atom stereocenters. The van der Waals surface area contributed by atoms with Crippen LogP contribution in [-0.2, 0) is 9.59 Å². The van der Waals surface area contributed by atoms with Gasteiger partial charge in [0, 0.05) is 13.6 Å². The fourth-order valence-electron chi connectivity index (χ4n) is 2.07. The molecule has 5 heteroatoms. The quantitative estimate of drug-likeness (QED) is 0.749. The molecule has 0 aromatic carbocycles. The largest absolute Gasteiger partial charge is 0.480 e. The number of carboxylic acids is 1. The Balaban J connectivity index is 2.60. The minimum atomic E-state index is -0.822. The lowest BCUT2D eigenvalue weighted by Gasteiger charge is -2.24. The molecule has 1 aliphatic rings. The highest BCUT2D eigenvalue weighted by Crippen LogP contribution is 2.23. The van der Waals surface area contributed by atoms with Gasteiger partial charge in [0.1, 0.15) is 6.04 Å². The van der Waals surface area contributed by atoms with Crippen LogP contribution >= 0.6 is 0 Å². The van der Waals surface area contributed by atoms with Crippen LogP contribution in [0.4, 0.5) is 0 Å². The van der Waals surface area contributed by atoms with Crippen molar-refractivity contribution in [1.29, 1.82) is 0 Å². The minimum absolute atomic E-state index is 0.0112. The Labute approximate surface area is 96.0 Å². The Morgan fingerprint density at radius 1 is 1.50 bits per heavy atom. The predicted molar refractivity (Wildman–Crippen MR) is 60.1 cm³/mol. The first-order valence-corrected chi connectivity index (χ1v) is 5.68. The molecule has 1 N–H and O–H groups in total. The molecule has 1 aliphatic heterocycles. The normalized spacial score (nSPS) is 25.7. The van der Waals surface area contributed by atoms with Crippen LogP contribution in [0.25, 0.3) is 0 Å². The molecule has 0 radical (unpaired) electrons. The topological polar surface area (TPSA) is 60.9 Å². The van der Waals surface area contributed by atoms with E-state index in [9.17, 15) is 9.59 Å². The van der Waals surface area contributed by atoms with Crippen molar-refractivity contribution < 1.29 is 14.7 Å². The van der Waals surface area contributed by atoms with Crippen molar-refractivity contribution in [1.82, 2.24) is 9.80 Å². The Morgan fingerprint density at radius 3 is 2.62 bits per heavy atom. The van der Waals surface area contributed by atoms with Crippen LogP contribution in [0.15, 0.2) is 0 Å². The average molecular weight is 228 g/mol. The zero-order chi connectivity index (χ0) is 12.3. The van der Waals surface area contributed by atoms with Gasteiger partial charge >= 0.3 is 5.97 Å². The van der Waals surface area contributed by atoms with E-state index < -0.39 is 12.0 Å². The molecule has 0 aromatic heterocycles. The minimum Gasteiger partial charge on any atom is -0.480 e. The molecule has 5 nitrogen and oxygen atoms in total. The van der Waals surface area contributed by atoms with E-state index in [1.54, 1.807) is 16.8 Å². The monoisotopic (exact) mass is 228 g/mol. The van der Waals surface area contributed by atoms with Crippen LogP contribution in [0.5, 0.6) is 0 Å². The van der Waals surface area contributed by atoms with Gasteiger partial charge in [-0.15, -0.1) is 0 Å². The highest BCUT2D eigenvalue weighted by molar-refractivity contribution is 5.80. The summed E-state index contributed by atoms with van der Waals surface area (Å²) in [6, 6.07) is -0.505. The van der Waals surface area contributed by atoms with E-state index in [1.165, 1.54) is 0 Å². The van der Waals surface area contributed by atoms with Gasteiger partial charge in [0.25, 0.3) is 0 Å². The van der Waals surface area contributed by atoms with Crippen molar-refractivity contribution in [3.63, 3.8) is 0 Å². The molecule has 1 fully saturated rings. The molecule has 92 valence electrons. The zero-order valence-electron chi connectivity index (χ0n) is 10.1. The third-order valence-electron chi connectivity index (χ3n) is 3.30. The van der Waals surface area contributed by atoms with Crippen molar-refractivity contribution in [2.24, 2.45) is 5.92 Å². The number of likely N-dealkylation sites (N-methyl/N-ethyl adjacent to an activating group) is 1. The fraction of sp³-hybridized carbons (Fsp3) is 0.818. The molecule has 1 rings (SSSR count). The number of hydrogen-bond donors (Lipinski definition) is 1. The van der Waals surface area contributed by atoms with Crippen molar-refractivity contribution in [3.8, 4) is 0 Å².